The number of pyridine rings is 1. The van der Waals surface area contributed by atoms with Gasteiger partial charge < -0.3 is 9.72 Å². The first kappa shape index (κ1) is 15.7. The summed E-state index contributed by atoms with van der Waals surface area (Å²) in [5.41, 5.74) is 4.05. The average Bonchev–Trinajstić information content (AvgIpc) is 2.94. The second-order valence-corrected chi connectivity index (χ2v) is 6.49. The van der Waals surface area contributed by atoms with E-state index in [1.54, 1.807) is 0 Å². The number of nitrogens with zero attached hydrogens (tertiary/aromatic N) is 2. The van der Waals surface area contributed by atoms with Crippen molar-refractivity contribution in [1.29, 1.82) is 0 Å². The van der Waals surface area contributed by atoms with Crippen molar-refractivity contribution in [1.82, 2.24) is 9.38 Å². The zero-order valence-electron chi connectivity index (χ0n) is 13.7. The summed E-state index contributed by atoms with van der Waals surface area (Å²) in [6.07, 6.45) is 3.93. The number of aryl methyl sites for hydroxylation is 2. The maximum atomic E-state index is 13.8. The molecule has 1 aliphatic rings. The van der Waals surface area contributed by atoms with Crippen LogP contribution < -0.4 is 5.32 Å². The summed E-state index contributed by atoms with van der Waals surface area (Å²) < 4.78 is 28.8. The van der Waals surface area contributed by atoms with Gasteiger partial charge in [-0.2, -0.15) is 0 Å². The molecule has 3 aromatic rings. The molecule has 1 unspecified atom stereocenters. The Balaban J connectivity index is 1.58. The molecule has 4 rings (SSSR count). The van der Waals surface area contributed by atoms with Crippen molar-refractivity contribution in [3.05, 3.63) is 65.1 Å². The van der Waals surface area contributed by atoms with E-state index in [4.69, 9.17) is 0 Å². The smallest absolute Gasteiger partial charge is 0.227 e. The number of imidazole rings is 1. The van der Waals surface area contributed by atoms with Crippen LogP contribution in [0.25, 0.3) is 5.65 Å². The van der Waals surface area contributed by atoms with Crippen LogP contribution in [0.2, 0.25) is 0 Å². The molecule has 128 valence electrons. The van der Waals surface area contributed by atoms with Gasteiger partial charge in [-0.1, -0.05) is 6.07 Å². The molecule has 0 saturated carbocycles. The van der Waals surface area contributed by atoms with Crippen molar-refractivity contribution in [2.24, 2.45) is 5.92 Å². The zero-order valence-corrected chi connectivity index (χ0v) is 13.7. The van der Waals surface area contributed by atoms with E-state index >= 15 is 0 Å². The van der Waals surface area contributed by atoms with Gasteiger partial charge in [0.05, 0.1) is 11.4 Å². The Labute approximate surface area is 143 Å². The highest BCUT2D eigenvalue weighted by atomic mass is 19.1. The van der Waals surface area contributed by atoms with Crippen LogP contribution in [-0.4, -0.2) is 15.3 Å². The molecule has 0 saturated heterocycles. The van der Waals surface area contributed by atoms with E-state index in [0.29, 0.717) is 19.3 Å². The lowest BCUT2D eigenvalue weighted by Gasteiger charge is -2.21. The summed E-state index contributed by atoms with van der Waals surface area (Å²) in [6.45, 7) is 2.01. The molecule has 1 N–H and O–H groups in total. The van der Waals surface area contributed by atoms with Gasteiger partial charge in [0, 0.05) is 30.3 Å². The fourth-order valence-corrected chi connectivity index (χ4v) is 3.36. The molecule has 1 aromatic carbocycles. The molecule has 0 fully saturated rings. The number of hydrogen-bond acceptors (Lipinski definition) is 2. The predicted molar refractivity (Wildman–Crippen MR) is 90.4 cm³/mol. The standard InChI is InChI=1S/C19H17F2N3O/c1-11-2-7-18-22-16-5-3-12(8-17(16)24(18)10-11)19(25)23-15-6-4-13(20)9-14(15)21/h2,4,6-7,9-10,12H,3,5,8H2,1H3,(H,23,25). The molecule has 4 nitrogen and oxygen atoms in total. The van der Waals surface area contributed by atoms with Gasteiger partial charge in [-0.05, 0) is 43.5 Å². The summed E-state index contributed by atoms with van der Waals surface area (Å²) in [7, 11) is 0. The molecule has 1 amide bonds. The molecule has 0 radical (unpaired) electrons. The number of amides is 1. The van der Waals surface area contributed by atoms with Gasteiger partial charge in [-0.3, -0.25) is 4.79 Å². The van der Waals surface area contributed by atoms with E-state index < -0.39 is 11.6 Å². The summed E-state index contributed by atoms with van der Waals surface area (Å²) in [5, 5.41) is 2.58. The number of hydrogen-bond donors (Lipinski definition) is 1. The molecule has 25 heavy (non-hydrogen) atoms. The first-order valence-corrected chi connectivity index (χ1v) is 8.23. The van der Waals surface area contributed by atoms with Crippen molar-refractivity contribution < 1.29 is 13.6 Å². The molecule has 0 aliphatic heterocycles. The molecule has 1 atom stereocenters. The minimum atomic E-state index is -0.768. The first-order valence-electron chi connectivity index (χ1n) is 8.23. The van der Waals surface area contributed by atoms with Gasteiger partial charge in [0.15, 0.2) is 0 Å². The third kappa shape index (κ3) is 2.88. The Morgan fingerprint density at radius 1 is 1.28 bits per heavy atom. The fraction of sp³-hybridized carbons (Fsp3) is 0.263. The SMILES string of the molecule is Cc1ccc2nc3c(n2c1)CC(C(=O)Nc1ccc(F)cc1F)CC3. The normalized spacial score (nSPS) is 16.7. The number of nitrogens with one attached hydrogen (secondary N) is 1. The van der Waals surface area contributed by atoms with Crippen LogP contribution in [0.4, 0.5) is 14.5 Å². The highest BCUT2D eigenvalue weighted by Crippen LogP contribution is 2.28. The van der Waals surface area contributed by atoms with Gasteiger partial charge in [-0.25, -0.2) is 13.8 Å². The van der Waals surface area contributed by atoms with Gasteiger partial charge in [-0.15, -0.1) is 0 Å². The molecular weight excluding hydrogens is 324 g/mol. The minimum Gasteiger partial charge on any atom is -0.323 e. The molecule has 2 heterocycles. The third-order valence-electron chi connectivity index (χ3n) is 4.68. The van der Waals surface area contributed by atoms with Gasteiger partial charge in [0.2, 0.25) is 5.91 Å². The van der Waals surface area contributed by atoms with Crippen LogP contribution in [-0.2, 0) is 17.6 Å². The lowest BCUT2D eigenvalue weighted by Crippen LogP contribution is -2.29. The van der Waals surface area contributed by atoms with Gasteiger partial charge in [0.25, 0.3) is 0 Å². The Hall–Kier alpha value is -2.76. The van der Waals surface area contributed by atoms with Crippen LogP contribution >= 0.6 is 0 Å². The van der Waals surface area contributed by atoms with E-state index in [-0.39, 0.29) is 17.5 Å². The van der Waals surface area contributed by atoms with E-state index in [9.17, 15) is 13.6 Å². The number of halogens is 2. The van der Waals surface area contributed by atoms with E-state index in [1.807, 2.05) is 29.7 Å². The van der Waals surface area contributed by atoms with Crippen LogP contribution in [0.3, 0.4) is 0 Å². The van der Waals surface area contributed by atoms with Crippen molar-refractivity contribution >= 4 is 17.2 Å². The lowest BCUT2D eigenvalue weighted by molar-refractivity contribution is -0.120. The predicted octanol–water partition coefficient (Wildman–Crippen LogP) is 3.66. The lowest BCUT2D eigenvalue weighted by atomic mass is 9.89. The van der Waals surface area contributed by atoms with E-state index in [1.165, 1.54) is 6.07 Å². The van der Waals surface area contributed by atoms with Crippen LogP contribution in [0.15, 0.2) is 36.5 Å². The van der Waals surface area contributed by atoms with E-state index in [0.717, 1.165) is 34.7 Å². The Morgan fingerprint density at radius 3 is 2.92 bits per heavy atom. The second kappa shape index (κ2) is 5.95. The maximum absolute atomic E-state index is 13.8. The number of fused-ring (bicyclic) bond motifs is 3. The number of rotatable bonds is 2. The molecule has 1 aliphatic carbocycles. The summed E-state index contributed by atoms with van der Waals surface area (Å²) in [4.78, 5) is 17.2. The molecule has 2 aromatic heterocycles. The Kier molecular flexibility index (Phi) is 3.75. The maximum Gasteiger partial charge on any atom is 0.227 e. The Morgan fingerprint density at radius 2 is 2.12 bits per heavy atom. The topological polar surface area (TPSA) is 46.4 Å². The fourth-order valence-electron chi connectivity index (χ4n) is 3.36. The molecule has 0 spiro atoms. The Bertz CT molecular complexity index is 980. The average molecular weight is 341 g/mol. The largest absolute Gasteiger partial charge is 0.323 e. The van der Waals surface area contributed by atoms with Crippen LogP contribution in [0.1, 0.15) is 23.4 Å². The van der Waals surface area contributed by atoms with Crippen molar-refractivity contribution in [3.63, 3.8) is 0 Å². The summed E-state index contributed by atoms with van der Waals surface area (Å²) >= 11 is 0. The first-order chi connectivity index (χ1) is 12.0. The monoisotopic (exact) mass is 341 g/mol. The highest BCUT2D eigenvalue weighted by Gasteiger charge is 2.28. The number of anilines is 1. The van der Waals surface area contributed by atoms with Crippen molar-refractivity contribution in [2.75, 3.05) is 5.32 Å². The third-order valence-corrected chi connectivity index (χ3v) is 4.68. The van der Waals surface area contributed by atoms with Crippen LogP contribution in [0, 0.1) is 24.5 Å². The van der Waals surface area contributed by atoms with Gasteiger partial charge in [0.1, 0.15) is 17.3 Å². The van der Waals surface area contributed by atoms with Crippen LogP contribution in [0.5, 0.6) is 0 Å². The second-order valence-electron chi connectivity index (χ2n) is 6.49. The molecule has 0 bridgehead atoms. The van der Waals surface area contributed by atoms with Crippen molar-refractivity contribution in [3.8, 4) is 0 Å². The van der Waals surface area contributed by atoms with Crippen molar-refractivity contribution in [2.45, 2.75) is 26.2 Å². The molecular formula is C19H17F2N3O. The number of benzene rings is 1. The highest BCUT2D eigenvalue weighted by molar-refractivity contribution is 5.93. The minimum absolute atomic E-state index is 0.00573. The summed E-state index contributed by atoms with van der Waals surface area (Å²) in [6, 6.07) is 7.12. The van der Waals surface area contributed by atoms with E-state index in [2.05, 4.69) is 10.3 Å². The quantitative estimate of drug-likeness (QED) is 0.773. The number of aromatic nitrogens is 2. The zero-order chi connectivity index (χ0) is 17.6. The number of carbonyl (C=O) groups excluding carboxylic acids is 1. The van der Waals surface area contributed by atoms with Gasteiger partial charge >= 0.3 is 0 Å². The number of carbonyl (C=O) groups is 1. The molecule has 6 heteroatoms. The summed E-state index contributed by atoms with van der Waals surface area (Å²) in [5.74, 6) is -1.95.